The largest absolute Gasteiger partial charge is 0.334 e. The van der Waals surface area contributed by atoms with Crippen molar-refractivity contribution in [3.8, 4) is 0 Å². The summed E-state index contributed by atoms with van der Waals surface area (Å²) in [7, 11) is -1.73. The van der Waals surface area contributed by atoms with Gasteiger partial charge in [0.05, 0.1) is 16.8 Å². The Morgan fingerprint density at radius 1 is 0.459 bits per heavy atom. The first-order valence-electron chi connectivity index (χ1n) is 14.4. The average molecular weight is 533 g/mol. The topological polar surface area (TPSA) is 27.7 Å². The first kappa shape index (κ1) is 35.8. The van der Waals surface area contributed by atoms with Gasteiger partial charge in [-0.3, -0.25) is 0 Å². The summed E-state index contributed by atoms with van der Waals surface area (Å²) < 4.78 is 21.1. The van der Waals surface area contributed by atoms with Gasteiger partial charge in [-0.2, -0.15) is 0 Å². The quantitative estimate of drug-likeness (QED) is 0.0777. The van der Waals surface area contributed by atoms with Crippen molar-refractivity contribution in [3.63, 3.8) is 0 Å². The van der Waals surface area contributed by atoms with E-state index in [0.29, 0.717) is 38.5 Å². The number of rotatable bonds is 27. The van der Waals surface area contributed by atoms with E-state index in [0.717, 1.165) is 57.8 Å². The molecular formula is C33H57O3P. The maximum absolute atomic E-state index is 7.02. The van der Waals surface area contributed by atoms with Crippen LogP contribution in [0.25, 0.3) is 0 Å². The van der Waals surface area contributed by atoms with Crippen LogP contribution in [-0.2, 0) is 13.6 Å². The molecular weight excluding hydrogens is 475 g/mol. The van der Waals surface area contributed by atoms with Crippen molar-refractivity contribution in [3.05, 3.63) is 75.9 Å². The molecule has 0 spiro atoms. The minimum atomic E-state index is -1.73. The van der Waals surface area contributed by atoms with Crippen molar-refractivity contribution in [1.82, 2.24) is 0 Å². The summed E-state index contributed by atoms with van der Waals surface area (Å²) in [5.74, 6) is 0. The lowest BCUT2D eigenvalue weighted by atomic mass is 9.90. The molecule has 0 heterocycles. The summed E-state index contributed by atoms with van der Waals surface area (Å²) in [5.41, 5.74) is -1.41. The first-order valence-corrected chi connectivity index (χ1v) is 15.5. The first-order chi connectivity index (χ1) is 17.8. The molecule has 0 radical (unpaired) electrons. The van der Waals surface area contributed by atoms with Crippen LogP contribution >= 0.6 is 8.60 Å². The Morgan fingerprint density at radius 3 is 0.838 bits per heavy atom. The minimum absolute atomic E-state index is 0.469. The van der Waals surface area contributed by atoms with Gasteiger partial charge in [-0.25, -0.2) is 0 Å². The predicted octanol–water partition coefficient (Wildman–Crippen LogP) is 11.5. The molecule has 0 aromatic heterocycles. The standard InChI is InChI=1S/C33H57O3P/c1-10-19-28-31(22-13-4,23-14-5)34-37(35-32(24-15-6,25-16-7)29-20-11-2)36-33(26-17-8,27-18-9)30-21-12-3/h13-18H,4-12,19-30H2,1-3H3. The van der Waals surface area contributed by atoms with Gasteiger partial charge in [-0.1, -0.05) is 95.8 Å². The monoisotopic (exact) mass is 532 g/mol. The molecule has 0 aromatic rings. The molecule has 0 aliphatic carbocycles. The zero-order valence-electron chi connectivity index (χ0n) is 24.5. The molecule has 37 heavy (non-hydrogen) atoms. The molecule has 0 aliphatic heterocycles. The van der Waals surface area contributed by atoms with Crippen LogP contribution in [0.1, 0.15) is 117 Å². The lowest BCUT2D eigenvalue weighted by molar-refractivity contribution is -0.0491. The molecule has 212 valence electrons. The van der Waals surface area contributed by atoms with Gasteiger partial charge >= 0.3 is 8.60 Å². The van der Waals surface area contributed by atoms with E-state index in [1.807, 2.05) is 36.5 Å². The van der Waals surface area contributed by atoms with Crippen LogP contribution < -0.4 is 0 Å². The Balaban J connectivity index is 6.71. The van der Waals surface area contributed by atoms with E-state index in [1.54, 1.807) is 0 Å². The Hall–Kier alpha value is -1.25. The van der Waals surface area contributed by atoms with Crippen molar-refractivity contribution in [1.29, 1.82) is 0 Å². The van der Waals surface area contributed by atoms with Crippen LogP contribution in [0, 0.1) is 0 Å². The number of unbranched alkanes of at least 4 members (excludes halogenated alkanes) is 3. The third kappa shape index (κ3) is 13.4. The molecule has 0 aliphatic rings. The van der Waals surface area contributed by atoms with Gasteiger partial charge in [0.15, 0.2) is 0 Å². The van der Waals surface area contributed by atoms with E-state index in [1.165, 1.54) is 0 Å². The van der Waals surface area contributed by atoms with Crippen LogP contribution in [0.2, 0.25) is 0 Å². The lowest BCUT2D eigenvalue weighted by Crippen LogP contribution is -2.37. The van der Waals surface area contributed by atoms with Crippen molar-refractivity contribution >= 4 is 8.60 Å². The number of hydrogen-bond donors (Lipinski definition) is 0. The van der Waals surface area contributed by atoms with Crippen molar-refractivity contribution in [2.45, 2.75) is 134 Å². The van der Waals surface area contributed by atoms with Crippen LogP contribution in [0.4, 0.5) is 0 Å². The van der Waals surface area contributed by atoms with Crippen LogP contribution in [-0.4, -0.2) is 16.8 Å². The summed E-state index contributed by atoms with van der Waals surface area (Å²) in [6, 6.07) is 0. The molecule has 0 atom stereocenters. The predicted molar refractivity (Wildman–Crippen MR) is 166 cm³/mol. The maximum atomic E-state index is 7.02. The molecule has 0 saturated carbocycles. The van der Waals surface area contributed by atoms with Crippen LogP contribution in [0.3, 0.4) is 0 Å². The van der Waals surface area contributed by atoms with Crippen molar-refractivity contribution < 1.29 is 13.6 Å². The van der Waals surface area contributed by atoms with Crippen LogP contribution in [0.5, 0.6) is 0 Å². The number of hydrogen-bond acceptors (Lipinski definition) is 3. The Labute approximate surface area is 231 Å². The summed E-state index contributed by atoms with van der Waals surface area (Å²) in [4.78, 5) is 0. The Morgan fingerprint density at radius 2 is 0.676 bits per heavy atom. The van der Waals surface area contributed by atoms with Gasteiger partial charge in [0.1, 0.15) is 0 Å². The molecule has 0 unspecified atom stereocenters. The second kappa shape index (κ2) is 20.7. The van der Waals surface area contributed by atoms with Crippen molar-refractivity contribution in [2.24, 2.45) is 0 Å². The zero-order chi connectivity index (χ0) is 28.0. The Kier molecular flexibility index (Phi) is 20.0. The Bertz CT molecular complexity index is 548. The second-order valence-corrected chi connectivity index (χ2v) is 11.3. The molecule has 0 N–H and O–H groups in total. The highest BCUT2D eigenvalue weighted by Gasteiger charge is 2.43. The highest BCUT2D eigenvalue weighted by Crippen LogP contribution is 2.56. The fourth-order valence-corrected chi connectivity index (χ4v) is 6.61. The molecule has 4 heteroatoms. The normalized spacial score (nSPS) is 12.3. The average Bonchev–Trinajstić information content (AvgIpc) is 2.86. The van der Waals surface area contributed by atoms with Gasteiger partial charge in [0.25, 0.3) is 0 Å². The highest BCUT2D eigenvalue weighted by molar-refractivity contribution is 7.41. The van der Waals surface area contributed by atoms with Gasteiger partial charge in [-0.05, 0) is 57.8 Å². The van der Waals surface area contributed by atoms with Gasteiger partial charge in [0, 0.05) is 0 Å². The van der Waals surface area contributed by atoms with E-state index in [4.69, 9.17) is 13.6 Å². The lowest BCUT2D eigenvalue weighted by Gasteiger charge is -2.43. The van der Waals surface area contributed by atoms with E-state index in [2.05, 4.69) is 60.2 Å². The molecule has 0 saturated heterocycles. The second-order valence-electron chi connectivity index (χ2n) is 10.3. The zero-order valence-corrected chi connectivity index (χ0v) is 25.4. The molecule has 0 aromatic carbocycles. The fraction of sp³-hybridized carbons (Fsp3) is 0.636. The summed E-state index contributed by atoms with van der Waals surface area (Å²) in [6.45, 7) is 30.9. The minimum Gasteiger partial charge on any atom is -0.305 e. The van der Waals surface area contributed by atoms with E-state index >= 15 is 0 Å². The fourth-order valence-electron chi connectivity index (χ4n) is 4.83. The van der Waals surface area contributed by atoms with E-state index in [-0.39, 0.29) is 0 Å². The molecule has 0 amide bonds. The molecule has 3 nitrogen and oxygen atoms in total. The van der Waals surface area contributed by atoms with E-state index in [9.17, 15) is 0 Å². The van der Waals surface area contributed by atoms with E-state index < -0.39 is 25.4 Å². The SMILES string of the molecule is C=CCC(CC=C)(CCCC)OP(OC(CC=C)(CC=C)CCCC)OC(CC=C)(CC=C)CCCC. The van der Waals surface area contributed by atoms with Gasteiger partial charge < -0.3 is 13.6 Å². The molecule has 0 rings (SSSR count). The summed E-state index contributed by atoms with van der Waals surface area (Å²) in [5, 5.41) is 0. The maximum Gasteiger partial charge on any atom is 0.334 e. The highest BCUT2D eigenvalue weighted by atomic mass is 31.2. The smallest absolute Gasteiger partial charge is 0.305 e. The van der Waals surface area contributed by atoms with Crippen molar-refractivity contribution in [2.75, 3.05) is 0 Å². The summed E-state index contributed by atoms with van der Waals surface area (Å²) in [6.07, 6.45) is 25.0. The molecule has 0 bridgehead atoms. The third-order valence-corrected chi connectivity index (χ3v) is 8.47. The third-order valence-electron chi connectivity index (χ3n) is 6.86. The van der Waals surface area contributed by atoms with Gasteiger partial charge in [0.2, 0.25) is 0 Å². The summed E-state index contributed by atoms with van der Waals surface area (Å²) >= 11 is 0. The van der Waals surface area contributed by atoms with Gasteiger partial charge in [-0.15, -0.1) is 39.5 Å². The molecule has 0 fully saturated rings. The van der Waals surface area contributed by atoms with Crippen LogP contribution in [0.15, 0.2) is 75.9 Å².